The van der Waals surface area contributed by atoms with Crippen LogP contribution in [0.25, 0.3) is 0 Å². The van der Waals surface area contributed by atoms with Crippen LogP contribution in [0.3, 0.4) is 0 Å². The largest absolute Gasteiger partial charge is 0.411 e. The third-order valence-corrected chi connectivity index (χ3v) is 1.69. The summed E-state index contributed by atoms with van der Waals surface area (Å²) < 4.78 is 0. The van der Waals surface area contributed by atoms with Crippen molar-refractivity contribution in [2.45, 2.75) is 25.7 Å². The van der Waals surface area contributed by atoms with Gasteiger partial charge in [0.1, 0.15) is 5.71 Å². The minimum absolute atomic E-state index is 0.647. The van der Waals surface area contributed by atoms with Crippen molar-refractivity contribution in [3.63, 3.8) is 0 Å². The van der Waals surface area contributed by atoms with E-state index in [2.05, 4.69) is 10.3 Å². The summed E-state index contributed by atoms with van der Waals surface area (Å²) in [4.78, 5) is 0. The second kappa shape index (κ2) is 3.20. The Kier molecular flexibility index (Phi) is 2.25. The molecule has 0 amide bonds. The normalized spacial score (nSPS) is 27.6. The van der Waals surface area contributed by atoms with Crippen LogP contribution in [-0.4, -0.2) is 16.6 Å². The molecule has 1 rings (SSSR count). The molecule has 1 saturated carbocycles. The van der Waals surface area contributed by atoms with E-state index < -0.39 is 0 Å². The van der Waals surface area contributed by atoms with E-state index in [1.54, 1.807) is 0 Å². The molecule has 0 bridgehead atoms. The Morgan fingerprint density at radius 3 is 2.20 bits per heavy atom. The van der Waals surface area contributed by atoms with Crippen molar-refractivity contribution in [3.8, 4) is 0 Å². The highest BCUT2D eigenvalue weighted by Gasteiger charge is 2.14. The maximum Gasteiger partial charge on any atom is 0.103 e. The van der Waals surface area contributed by atoms with E-state index in [0.29, 0.717) is 5.71 Å². The first kappa shape index (κ1) is 7.05. The molecule has 56 valence electrons. The quantitative estimate of drug-likeness (QED) is 0.296. The van der Waals surface area contributed by atoms with Gasteiger partial charge in [-0.1, -0.05) is 5.16 Å². The number of nitrogens with zero attached hydrogens (tertiary/aromatic N) is 2. The molecule has 0 atom stereocenters. The molecular weight excluding hydrogens is 130 g/mol. The first-order chi connectivity index (χ1) is 4.88. The highest BCUT2D eigenvalue weighted by molar-refractivity contribution is 6.42. The maximum atomic E-state index is 8.44. The molecular formula is C6H11N3O. The standard InChI is InChI=1S/C6H11N3O/c7-8-5-3-1-2-4-6(5)9-10/h10H,1-4,7H2/b8-5-,9-6-. The zero-order chi connectivity index (χ0) is 7.40. The van der Waals surface area contributed by atoms with E-state index >= 15 is 0 Å². The van der Waals surface area contributed by atoms with E-state index in [1.807, 2.05) is 0 Å². The van der Waals surface area contributed by atoms with Crippen LogP contribution in [0, 0.1) is 0 Å². The Labute approximate surface area is 59.4 Å². The average Bonchev–Trinajstić information content (AvgIpc) is 2.04. The summed E-state index contributed by atoms with van der Waals surface area (Å²) >= 11 is 0. The molecule has 10 heavy (non-hydrogen) atoms. The minimum atomic E-state index is 0.647. The zero-order valence-electron chi connectivity index (χ0n) is 5.75. The van der Waals surface area contributed by atoms with Crippen LogP contribution in [0.1, 0.15) is 25.7 Å². The number of hydrogen-bond donors (Lipinski definition) is 2. The van der Waals surface area contributed by atoms with Crippen molar-refractivity contribution in [2.75, 3.05) is 0 Å². The SMILES string of the molecule is N/N=C1/CCCC/C1=N/O. The fraction of sp³-hybridized carbons (Fsp3) is 0.667. The summed E-state index contributed by atoms with van der Waals surface area (Å²) in [7, 11) is 0. The van der Waals surface area contributed by atoms with Crippen molar-refractivity contribution in [2.24, 2.45) is 16.1 Å². The Morgan fingerprint density at radius 1 is 1.20 bits per heavy atom. The molecule has 4 nitrogen and oxygen atoms in total. The maximum absolute atomic E-state index is 8.44. The summed E-state index contributed by atoms with van der Waals surface area (Å²) in [6, 6.07) is 0. The van der Waals surface area contributed by atoms with E-state index in [9.17, 15) is 0 Å². The second-order valence-corrected chi connectivity index (χ2v) is 2.33. The highest BCUT2D eigenvalue weighted by Crippen LogP contribution is 2.12. The van der Waals surface area contributed by atoms with Gasteiger partial charge in [0.2, 0.25) is 0 Å². The number of rotatable bonds is 0. The second-order valence-electron chi connectivity index (χ2n) is 2.33. The summed E-state index contributed by atoms with van der Waals surface area (Å²) in [5.41, 5.74) is 1.39. The topological polar surface area (TPSA) is 71.0 Å². The average molecular weight is 141 g/mol. The smallest absolute Gasteiger partial charge is 0.103 e. The fourth-order valence-corrected chi connectivity index (χ4v) is 1.12. The van der Waals surface area contributed by atoms with E-state index in [1.165, 1.54) is 0 Å². The molecule has 1 fully saturated rings. The number of nitrogens with two attached hydrogens (primary N) is 1. The molecule has 0 aromatic rings. The van der Waals surface area contributed by atoms with Crippen molar-refractivity contribution in [3.05, 3.63) is 0 Å². The molecule has 0 aliphatic heterocycles. The van der Waals surface area contributed by atoms with Gasteiger partial charge in [0.15, 0.2) is 0 Å². The molecule has 0 aromatic carbocycles. The molecule has 0 radical (unpaired) electrons. The third kappa shape index (κ3) is 1.26. The summed E-state index contributed by atoms with van der Waals surface area (Å²) in [6.07, 6.45) is 3.80. The van der Waals surface area contributed by atoms with Crippen LogP contribution >= 0.6 is 0 Å². The lowest BCUT2D eigenvalue weighted by Crippen LogP contribution is -2.20. The van der Waals surface area contributed by atoms with Gasteiger partial charge in [-0.05, 0) is 25.7 Å². The minimum Gasteiger partial charge on any atom is -0.411 e. The number of oxime groups is 1. The van der Waals surface area contributed by atoms with E-state index in [-0.39, 0.29) is 0 Å². The van der Waals surface area contributed by atoms with Gasteiger partial charge in [0.25, 0.3) is 0 Å². The lowest BCUT2D eigenvalue weighted by molar-refractivity contribution is 0.318. The van der Waals surface area contributed by atoms with Crippen LogP contribution in [-0.2, 0) is 0 Å². The summed E-state index contributed by atoms with van der Waals surface area (Å²) in [6.45, 7) is 0. The predicted octanol–water partition coefficient (Wildman–Crippen LogP) is 0.705. The Hall–Kier alpha value is -1.06. The van der Waals surface area contributed by atoms with Crippen LogP contribution in [0.5, 0.6) is 0 Å². The zero-order valence-corrected chi connectivity index (χ0v) is 5.75. The molecule has 1 aliphatic carbocycles. The first-order valence-electron chi connectivity index (χ1n) is 3.36. The van der Waals surface area contributed by atoms with Gasteiger partial charge < -0.3 is 11.0 Å². The molecule has 0 unspecified atom stereocenters. The van der Waals surface area contributed by atoms with Crippen molar-refractivity contribution in [1.29, 1.82) is 0 Å². The lowest BCUT2D eigenvalue weighted by atomic mass is 9.97. The Morgan fingerprint density at radius 2 is 1.80 bits per heavy atom. The molecule has 0 aromatic heterocycles. The van der Waals surface area contributed by atoms with Gasteiger partial charge in [-0.25, -0.2) is 0 Å². The molecule has 3 N–H and O–H groups in total. The van der Waals surface area contributed by atoms with Gasteiger partial charge in [-0.2, -0.15) is 5.10 Å². The van der Waals surface area contributed by atoms with Crippen LogP contribution in [0.15, 0.2) is 10.3 Å². The molecule has 0 spiro atoms. The van der Waals surface area contributed by atoms with Gasteiger partial charge in [-0.3, -0.25) is 0 Å². The summed E-state index contributed by atoms with van der Waals surface area (Å²) in [5.74, 6) is 5.07. The van der Waals surface area contributed by atoms with Crippen LogP contribution in [0.2, 0.25) is 0 Å². The highest BCUT2D eigenvalue weighted by atomic mass is 16.4. The van der Waals surface area contributed by atoms with Crippen molar-refractivity contribution < 1.29 is 5.21 Å². The molecule has 0 heterocycles. The van der Waals surface area contributed by atoms with Gasteiger partial charge in [0, 0.05) is 0 Å². The fourth-order valence-electron chi connectivity index (χ4n) is 1.12. The lowest BCUT2D eigenvalue weighted by Gasteiger charge is -2.11. The van der Waals surface area contributed by atoms with Crippen molar-refractivity contribution >= 4 is 11.4 Å². The van der Waals surface area contributed by atoms with Gasteiger partial charge in [-0.15, -0.1) is 0 Å². The first-order valence-corrected chi connectivity index (χ1v) is 3.36. The molecule has 4 heteroatoms. The number of hydrazone groups is 1. The van der Waals surface area contributed by atoms with Crippen molar-refractivity contribution in [1.82, 2.24) is 0 Å². The Bertz CT molecular complexity index is 154. The predicted molar refractivity (Wildman–Crippen MR) is 39.3 cm³/mol. The Balaban J connectivity index is 2.69. The van der Waals surface area contributed by atoms with Crippen LogP contribution < -0.4 is 5.84 Å². The van der Waals surface area contributed by atoms with E-state index in [4.69, 9.17) is 11.0 Å². The van der Waals surface area contributed by atoms with Gasteiger partial charge in [0.05, 0.1) is 5.71 Å². The van der Waals surface area contributed by atoms with Crippen LogP contribution in [0.4, 0.5) is 0 Å². The number of hydrogen-bond acceptors (Lipinski definition) is 4. The third-order valence-electron chi connectivity index (χ3n) is 1.69. The van der Waals surface area contributed by atoms with E-state index in [0.717, 1.165) is 31.4 Å². The van der Waals surface area contributed by atoms with Gasteiger partial charge >= 0.3 is 0 Å². The molecule has 1 aliphatic rings. The molecule has 0 saturated heterocycles. The summed E-state index contributed by atoms with van der Waals surface area (Å²) in [5, 5.41) is 15.1. The monoisotopic (exact) mass is 141 g/mol.